The molecule has 1 amide bonds. The molecule has 0 aliphatic heterocycles. The third kappa shape index (κ3) is 6.11. The maximum Gasteiger partial charge on any atom is 0.359 e. The maximum absolute atomic E-state index is 14.1. The molecule has 0 unspecified atom stereocenters. The summed E-state index contributed by atoms with van der Waals surface area (Å²) in [4.78, 5) is 36.0. The van der Waals surface area contributed by atoms with Gasteiger partial charge in [0.15, 0.2) is 5.13 Å². The van der Waals surface area contributed by atoms with E-state index in [4.69, 9.17) is 19.3 Å². The van der Waals surface area contributed by atoms with Gasteiger partial charge in [0.1, 0.15) is 23.1 Å². The number of ether oxygens (including phenoxy) is 2. The lowest BCUT2D eigenvalue weighted by atomic mass is 10.2. The van der Waals surface area contributed by atoms with E-state index in [0.29, 0.717) is 10.9 Å². The Hall–Kier alpha value is -2.78. The van der Waals surface area contributed by atoms with Gasteiger partial charge in [0.05, 0.1) is 11.4 Å². The van der Waals surface area contributed by atoms with Gasteiger partial charge in [-0.25, -0.2) is 9.37 Å². The smallest absolute Gasteiger partial charge is 0.359 e. The van der Waals surface area contributed by atoms with E-state index < -0.39 is 24.6 Å². The topological polar surface area (TPSA) is 118 Å². The van der Waals surface area contributed by atoms with Crippen molar-refractivity contribution in [2.24, 2.45) is 0 Å². The van der Waals surface area contributed by atoms with Gasteiger partial charge in [-0.3, -0.25) is 14.7 Å². The molecule has 1 heterocycles. The molecule has 164 valence electrons. The Balaban J connectivity index is 1.90. The molecule has 0 aliphatic carbocycles. The van der Waals surface area contributed by atoms with Crippen LogP contribution in [0.25, 0.3) is 0 Å². The van der Waals surface area contributed by atoms with Crippen molar-refractivity contribution in [3.63, 3.8) is 0 Å². The molecular formula is C20H20FN2O6PS. The molecule has 2 aromatic carbocycles. The van der Waals surface area contributed by atoms with E-state index in [2.05, 4.69) is 10.3 Å². The van der Waals surface area contributed by atoms with Crippen LogP contribution in [-0.2, 0) is 4.57 Å². The lowest BCUT2D eigenvalue weighted by molar-refractivity contribution is 0.102. The van der Waals surface area contributed by atoms with Gasteiger partial charge < -0.3 is 19.3 Å². The molecule has 3 N–H and O–H groups in total. The highest BCUT2D eigenvalue weighted by molar-refractivity contribution is 7.60. The molecule has 0 aliphatic rings. The summed E-state index contributed by atoms with van der Waals surface area (Å²) in [5, 5.41) is 2.41. The van der Waals surface area contributed by atoms with Crippen molar-refractivity contribution in [2.45, 2.75) is 26.9 Å². The van der Waals surface area contributed by atoms with Crippen molar-refractivity contribution in [1.82, 2.24) is 4.98 Å². The number of hydrogen-bond acceptors (Lipinski definition) is 6. The first-order valence-corrected chi connectivity index (χ1v) is 11.5. The second kappa shape index (κ2) is 9.15. The fraction of sp³-hybridized carbons (Fsp3) is 0.200. The van der Waals surface area contributed by atoms with Gasteiger partial charge in [-0.2, -0.15) is 0 Å². The number of amides is 1. The van der Waals surface area contributed by atoms with E-state index in [9.17, 15) is 13.8 Å². The average molecular weight is 466 g/mol. The Kier molecular flexibility index (Phi) is 6.76. The lowest BCUT2D eigenvalue weighted by Gasteiger charge is -2.14. The third-order valence-corrected chi connectivity index (χ3v) is 5.64. The summed E-state index contributed by atoms with van der Waals surface area (Å²) in [6.45, 7) is 5.51. The zero-order chi connectivity index (χ0) is 22.8. The first-order valence-electron chi connectivity index (χ1n) is 9.10. The average Bonchev–Trinajstić information content (AvgIpc) is 3.04. The molecule has 0 bridgehead atoms. The number of carbonyl (C=O) groups is 1. The van der Waals surface area contributed by atoms with Crippen LogP contribution in [0.15, 0.2) is 42.6 Å². The first kappa shape index (κ1) is 22.9. The van der Waals surface area contributed by atoms with Crippen molar-refractivity contribution >= 4 is 35.3 Å². The van der Waals surface area contributed by atoms with E-state index >= 15 is 0 Å². The van der Waals surface area contributed by atoms with Crippen LogP contribution in [0.1, 0.15) is 29.1 Å². The molecule has 3 aromatic rings. The summed E-state index contributed by atoms with van der Waals surface area (Å²) in [7, 11) is -4.74. The van der Waals surface area contributed by atoms with Gasteiger partial charge in [-0.15, -0.1) is 11.3 Å². The molecule has 3 rings (SSSR count). The summed E-state index contributed by atoms with van der Waals surface area (Å²) in [5.41, 5.74) is 0.230. The van der Waals surface area contributed by atoms with Crippen molar-refractivity contribution < 1.29 is 33.0 Å². The quantitative estimate of drug-likeness (QED) is 0.446. The van der Waals surface area contributed by atoms with Crippen LogP contribution in [0.3, 0.4) is 0 Å². The first-order chi connectivity index (χ1) is 14.5. The molecule has 0 saturated carbocycles. The molecule has 11 heteroatoms. The maximum atomic E-state index is 14.1. The van der Waals surface area contributed by atoms with Crippen molar-refractivity contribution in [3.05, 3.63) is 58.9 Å². The molecule has 0 saturated heterocycles. The van der Waals surface area contributed by atoms with Crippen LogP contribution in [0.5, 0.6) is 17.2 Å². The van der Waals surface area contributed by atoms with Crippen LogP contribution >= 0.6 is 18.9 Å². The molecule has 31 heavy (non-hydrogen) atoms. The Morgan fingerprint density at radius 3 is 2.45 bits per heavy atom. The summed E-state index contributed by atoms with van der Waals surface area (Å²) in [6.07, 6.45) is 1.47. The minimum Gasteiger partial charge on any atom is -0.491 e. The van der Waals surface area contributed by atoms with Crippen molar-refractivity contribution in [1.29, 1.82) is 0 Å². The van der Waals surface area contributed by atoms with Crippen LogP contribution in [0.4, 0.5) is 9.52 Å². The number of rotatable bonds is 7. The normalized spacial score (nSPS) is 11.5. The van der Waals surface area contributed by atoms with Gasteiger partial charge in [-0.05, 0) is 45.0 Å². The standard InChI is InChI=1S/C20H20FN2O6PS/c1-11(2)28-15-6-13(19(24)23-20-22-10-12(3)31-20)7-16(8-15)29-14-4-5-18(17(21)9-14)30(25,26)27/h4-11H,1-3H3,(H,22,23,24)(H2,25,26,27). The zero-order valence-electron chi connectivity index (χ0n) is 16.8. The Bertz CT molecular complexity index is 1160. The Morgan fingerprint density at radius 1 is 1.16 bits per heavy atom. The van der Waals surface area contributed by atoms with E-state index in [-0.39, 0.29) is 23.2 Å². The number of aromatic nitrogens is 1. The minimum atomic E-state index is -4.74. The van der Waals surface area contributed by atoms with Crippen molar-refractivity contribution in [2.75, 3.05) is 5.32 Å². The number of nitrogens with zero attached hydrogens (tertiary/aromatic N) is 1. The van der Waals surface area contributed by atoms with Crippen LogP contribution in [0, 0.1) is 12.7 Å². The predicted molar refractivity (Wildman–Crippen MR) is 115 cm³/mol. The second-order valence-electron chi connectivity index (χ2n) is 6.85. The van der Waals surface area contributed by atoms with Crippen molar-refractivity contribution in [3.8, 4) is 17.2 Å². The number of hydrogen-bond donors (Lipinski definition) is 3. The fourth-order valence-electron chi connectivity index (χ4n) is 2.61. The van der Waals surface area contributed by atoms with Gasteiger partial charge >= 0.3 is 7.60 Å². The molecule has 1 aromatic heterocycles. The third-order valence-electron chi connectivity index (χ3n) is 3.82. The molecule has 0 spiro atoms. The van der Waals surface area contributed by atoms with Crippen LogP contribution < -0.4 is 20.1 Å². The fourth-order valence-corrected chi connectivity index (χ4v) is 3.88. The van der Waals surface area contributed by atoms with E-state index in [1.165, 1.54) is 29.5 Å². The van der Waals surface area contributed by atoms with E-state index in [1.807, 2.05) is 20.8 Å². The Morgan fingerprint density at radius 2 is 1.87 bits per heavy atom. The van der Waals surface area contributed by atoms with Gasteiger partial charge in [0, 0.05) is 28.8 Å². The number of halogens is 1. The number of carbonyl (C=O) groups excluding carboxylic acids is 1. The monoisotopic (exact) mass is 466 g/mol. The van der Waals surface area contributed by atoms with Gasteiger partial charge in [0.2, 0.25) is 0 Å². The number of aryl methyl sites for hydroxylation is 1. The molecule has 0 atom stereocenters. The van der Waals surface area contributed by atoms with Gasteiger partial charge in [0.25, 0.3) is 5.91 Å². The molecular weight excluding hydrogens is 446 g/mol. The minimum absolute atomic E-state index is 0.00157. The largest absolute Gasteiger partial charge is 0.491 e. The molecule has 8 nitrogen and oxygen atoms in total. The highest BCUT2D eigenvalue weighted by Crippen LogP contribution is 2.36. The number of nitrogens with one attached hydrogen (secondary N) is 1. The number of benzene rings is 2. The summed E-state index contributed by atoms with van der Waals surface area (Å²) < 4.78 is 36.7. The summed E-state index contributed by atoms with van der Waals surface area (Å²) in [6, 6.07) is 7.56. The lowest BCUT2D eigenvalue weighted by Crippen LogP contribution is -2.13. The Labute approximate surface area is 181 Å². The molecule has 0 fully saturated rings. The summed E-state index contributed by atoms with van der Waals surface area (Å²) >= 11 is 1.33. The molecule has 0 radical (unpaired) electrons. The number of thiazole rings is 1. The SMILES string of the molecule is Cc1cnc(NC(=O)c2cc(Oc3ccc(P(=O)(O)O)c(F)c3)cc(OC(C)C)c2)s1. The highest BCUT2D eigenvalue weighted by Gasteiger charge is 2.22. The summed E-state index contributed by atoms with van der Waals surface area (Å²) in [5.74, 6) is -0.991. The van der Waals surface area contributed by atoms with E-state index in [1.54, 1.807) is 12.3 Å². The zero-order valence-corrected chi connectivity index (χ0v) is 18.5. The van der Waals surface area contributed by atoms with Gasteiger partial charge in [-0.1, -0.05) is 0 Å². The van der Waals surface area contributed by atoms with Crippen LogP contribution in [-0.4, -0.2) is 26.8 Å². The second-order valence-corrected chi connectivity index (χ2v) is 9.65. The highest BCUT2D eigenvalue weighted by atomic mass is 32.1. The predicted octanol–water partition coefficient (Wildman–Crippen LogP) is 4.23. The number of anilines is 1. The van der Waals surface area contributed by atoms with E-state index in [0.717, 1.165) is 17.0 Å². The van der Waals surface area contributed by atoms with Crippen LogP contribution in [0.2, 0.25) is 0 Å².